The molecule has 0 radical (unpaired) electrons. The molecule has 2 N–H and O–H groups in total. The van der Waals surface area contributed by atoms with Crippen molar-refractivity contribution in [1.82, 2.24) is 5.32 Å². The van der Waals surface area contributed by atoms with Gasteiger partial charge in [-0.3, -0.25) is 4.79 Å². The minimum absolute atomic E-state index is 0.305. The van der Waals surface area contributed by atoms with Crippen molar-refractivity contribution in [3.05, 3.63) is 24.2 Å². The molecule has 0 unspecified atom stereocenters. The number of carboxylic acid groups (broad SMARTS) is 1. The van der Waals surface area contributed by atoms with Gasteiger partial charge in [-0.1, -0.05) is 0 Å². The molecule has 0 fully saturated rings. The van der Waals surface area contributed by atoms with E-state index in [9.17, 15) is 9.59 Å². The van der Waals surface area contributed by atoms with Gasteiger partial charge >= 0.3 is 5.97 Å². The number of aliphatic carboxylic acids is 1. The third-order valence-electron chi connectivity index (χ3n) is 1.74. The van der Waals surface area contributed by atoms with E-state index < -0.39 is 17.4 Å². The monoisotopic (exact) mass is 197 g/mol. The van der Waals surface area contributed by atoms with E-state index in [1.54, 1.807) is 0 Å². The third kappa shape index (κ3) is 2.12. The van der Waals surface area contributed by atoms with Crippen LogP contribution in [0.1, 0.15) is 24.2 Å². The molecule has 1 heterocycles. The van der Waals surface area contributed by atoms with Gasteiger partial charge in [0, 0.05) is 0 Å². The molecule has 1 aromatic heterocycles. The standard InChI is InChI=1S/C9H11NO4/c1-9(2,8(12)13)10-7(11)6-3-4-14-5-6/h3-5H,1-2H3,(H,10,11)(H,12,13). The van der Waals surface area contributed by atoms with Gasteiger partial charge in [0.25, 0.3) is 5.91 Å². The summed E-state index contributed by atoms with van der Waals surface area (Å²) in [6, 6.07) is 1.47. The van der Waals surface area contributed by atoms with Gasteiger partial charge in [0.05, 0.1) is 11.8 Å². The van der Waals surface area contributed by atoms with Crippen molar-refractivity contribution in [2.24, 2.45) is 0 Å². The highest BCUT2D eigenvalue weighted by Crippen LogP contribution is 2.06. The fourth-order valence-electron chi connectivity index (χ4n) is 0.803. The minimum Gasteiger partial charge on any atom is -0.480 e. The zero-order chi connectivity index (χ0) is 10.8. The molecule has 0 saturated carbocycles. The topological polar surface area (TPSA) is 79.5 Å². The van der Waals surface area contributed by atoms with Gasteiger partial charge in [0.1, 0.15) is 11.8 Å². The molecule has 0 bridgehead atoms. The molecule has 14 heavy (non-hydrogen) atoms. The summed E-state index contributed by atoms with van der Waals surface area (Å²) in [6.07, 6.45) is 2.61. The van der Waals surface area contributed by atoms with Crippen LogP contribution >= 0.6 is 0 Å². The van der Waals surface area contributed by atoms with E-state index in [2.05, 4.69) is 5.32 Å². The van der Waals surface area contributed by atoms with E-state index >= 15 is 0 Å². The van der Waals surface area contributed by atoms with Gasteiger partial charge in [-0.2, -0.15) is 0 Å². The lowest BCUT2D eigenvalue weighted by atomic mass is 10.1. The summed E-state index contributed by atoms with van der Waals surface area (Å²) in [7, 11) is 0. The molecule has 76 valence electrons. The second kappa shape index (κ2) is 3.53. The van der Waals surface area contributed by atoms with Gasteiger partial charge in [-0.25, -0.2) is 4.79 Å². The molecule has 0 aliphatic rings. The number of hydrogen-bond donors (Lipinski definition) is 2. The number of furan rings is 1. The summed E-state index contributed by atoms with van der Waals surface area (Å²) in [4.78, 5) is 22.1. The maximum atomic E-state index is 11.4. The number of carbonyl (C=O) groups excluding carboxylic acids is 1. The second-order valence-corrected chi connectivity index (χ2v) is 3.40. The first-order chi connectivity index (χ1) is 6.43. The Hall–Kier alpha value is -1.78. The molecule has 0 spiro atoms. The predicted octanol–water partition coefficient (Wildman–Crippen LogP) is 0.873. The summed E-state index contributed by atoms with van der Waals surface area (Å²) in [5.74, 6) is -1.56. The number of nitrogens with one attached hydrogen (secondary N) is 1. The summed E-state index contributed by atoms with van der Waals surface area (Å²) in [6.45, 7) is 2.82. The van der Waals surface area contributed by atoms with E-state index in [-0.39, 0.29) is 0 Å². The summed E-state index contributed by atoms with van der Waals surface area (Å²) < 4.78 is 4.70. The van der Waals surface area contributed by atoms with E-state index in [0.29, 0.717) is 5.56 Å². The molecule has 1 aromatic rings. The van der Waals surface area contributed by atoms with Crippen molar-refractivity contribution in [2.45, 2.75) is 19.4 Å². The number of carbonyl (C=O) groups is 2. The Labute approximate surface area is 80.7 Å². The van der Waals surface area contributed by atoms with Gasteiger partial charge in [0.15, 0.2) is 0 Å². The molecule has 1 amide bonds. The van der Waals surface area contributed by atoms with Crippen molar-refractivity contribution in [3.63, 3.8) is 0 Å². The van der Waals surface area contributed by atoms with Crippen molar-refractivity contribution >= 4 is 11.9 Å². The lowest BCUT2D eigenvalue weighted by Gasteiger charge is -2.20. The average Bonchev–Trinajstić information content (AvgIpc) is 2.54. The maximum Gasteiger partial charge on any atom is 0.328 e. The quantitative estimate of drug-likeness (QED) is 0.753. The van der Waals surface area contributed by atoms with Crippen molar-refractivity contribution in [1.29, 1.82) is 0 Å². The Bertz CT molecular complexity index is 340. The molecule has 1 rings (SSSR count). The first-order valence-electron chi connectivity index (χ1n) is 4.01. The first kappa shape index (κ1) is 10.3. The highest BCUT2D eigenvalue weighted by molar-refractivity contribution is 5.97. The van der Waals surface area contributed by atoms with Crippen LogP contribution in [0.2, 0.25) is 0 Å². The predicted molar refractivity (Wildman–Crippen MR) is 47.9 cm³/mol. The van der Waals surface area contributed by atoms with E-state index in [1.165, 1.54) is 32.4 Å². The largest absolute Gasteiger partial charge is 0.480 e. The number of amides is 1. The molecule has 5 nitrogen and oxygen atoms in total. The minimum atomic E-state index is -1.28. The zero-order valence-corrected chi connectivity index (χ0v) is 7.90. The molecule has 0 aliphatic heterocycles. The Morgan fingerprint density at radius 2 is 2.14 bits per heavy atom. The van der Waals surface area contributed by atoms with Crippen LogP contribution in [0.25, 0.3) is 0 Å². The third-order valence-corrected chi connectivity index (χ3v) is 1.74. The lowest BCUT2D eigenvalue weighted by Crippen LogP contribution is -2.49. The number of carboxylic acids is 1. The Balaban J connectivity index is 2.71. The van der Waals surface area contributed by atoms with Crippen molar-refractivity contribution < 1.29 is 19.1 Å². The fraction of sp³-hybridized carbons (Fsp3) is 0.333. The lowest BCUT2D eigenvalue weighted by molar-refractivity contribution is -0.143. The molecule has 0 atom stereocenters. The smallest absolute Gasteiger partial charge is 0.328 e. The summed E-state index contributed by atoms with van der Waals surface area (Å²) >= 11 is 0. The zero-order valence-electron chi connectivity index (χ0n) is 7.90. The summed E-state index contributed by atoms with van der Waals surface area (Å²) in [5.41, 5.74) is -0.978. The second-order valence-electron chi connectivity index (χ2n) is 3.40. The molecule has 0 aromatic carbocycles. The Kier molecular flexibility index (Phi) is 2.60. The van der Waals surface area contributed by atoms with Crippen LogP contribution in [0.5, 0.6) is 0 Å². The SMILES string of the molecule is CC(C)(NC(=O)c1ccoc1)C(=O)O. The van der Waals surface area contributed by atoms with Crippen LogP contribution in [-0.4, -0.2) is 22.5 Å². The van der Waals surface area contributed by atoms with Crippen LogP contribution in [0.15, 0.2) is 23.0 Å². The highest BCUT2D eigenvalue weighted by Gasteiger charge is 2.29. The molecule has 5 heteroatoms. The Morgan fingerprint density at radius 1 is 1.50 bits per heavy atom. The van der Waals surface area contributed by atoms with Crippen LogP contribution < -0.4 is 5.32 Å². The van der Waals surface area contributed by atoms with Gasteiger partial charge in [-0.15, -0.1) is 0 Å². The van der Waals surface area contributed by atoms with Crippen LogP contribution in [0.3, 0.4) is 0 Å². The first-order valence-corrected chi connectivity index (χ1v) is 4.01. The van der Waals surface area contributed by atoms with Gasteiger partial charge < -0.3 is 14.8 Å². The highest BCUT2D eigenvalue weighted by atomic mass is 16.4. The van der Waals surface area contributed by atoms with Crippen LogP contribution in [-0.2, 0) is 4.79 Å². The van der Waals surface area contributed by atoms with Crippen molar-refractivity contribution in [2.75, 3.05) is 0 Å². The molecular weight excluding hydrogens is 186 g/mol. The molecule has 0 saturated heterocycles. The Morgan fingerprint density at radius 3 is 2.57 bits per heavy atom. The normalized spacial score (nSPS) is 11.0. The molecular formula is C9H11NO4. The van der Waals surface area contributed by atoms with E-state index in [4.69, 9.17) is 9.52 Å². The maximum absolute atomic E-state index is 11.4. The molecule has 0 aliphatic carbocycles. The van der Waals surface area contributed by atoms with Gasteiger partial charge in [-0.05, 0) is 19.9 Å². The number of hydrogen-bond acceptors (Lipinski definition) is 3. The van der Waals surface area contributed by atoms with Crippen LogP contribution in [0.4, 0.5) is 0 Å². The average molecular weight is 197 g/mol. The van der Waals surface area contributed by atoms with Crippen LogP contribution in [0, 0.1) is 0 Å². The summed E-state index contributed by atoms with van der Waals surface area (Å²) in [5, 5.41) is 11.1. The van der Waals surface area contributed by atoms with Crippen molar-refractivity contribution in [3.8, 4) is 0 Å². The van der Waals surface area contributed by atoms with Gasteiger partial charge in [0.2, 0.25) is 0 Å². The number of rotatable bonds is 3. The van der Waals surface area contributed by atoms with E-state index in [1.807, 2.05) is 0 Å². The fourth-order valence-corrected chi connectivity index (χ4v) is 0.803. The van der Waals surface area contributed by atoms with E-state index in [0.717, 1.165) is 0 Å².